The molecule has 3 heterocycles. The number of carbonyl (C=O) groups excluding carboxylic acids is 1. The first-order chi connectivity index (χ1) is 15.6. The van der Waals surface area contributed by atoms with Gasteiger partial charge in [0, 0.05) is 42.5 Å². The van der Waals surface area contributed by atoms with E-state index < -0.39 is 0 Å². The zero-order valence-electron chi connectivity index (χ0n) is 18.4. The van der Waals surface area contributed by atoms with E-state index in [0.29, 0.717) is 24.5 Å². The van der Waals surface area contributed by atoms with Crippen LogP contribution in [-0.4, -0.2) is 34.7 Å². The van der Waals surface area contributed by atoms with Crippen molar-refractivity contribution in [2.45, 2.75) is 25.9 Å². The van der Waals surface area contributed by atoms with Crippen molar-refractivity contribution in [2.24, 2.45) is 0 Å². The minimum atomic E-state index is -0.165. The van der Waals surface area contributed by atoms with E-state index in [1.807, 2.05) is 49.4 Å². The molecule has 0 unspecified atom stereocenters. The molecular formula is C25H26N4O3. The summed E-state index contributed by atoms with van der Waals surface area (Å²) in [5, 5.41) is 4.12. The monoisotopic (exact) mass is 430 g/mol. The molecule has 0 aliphatic carbocycles. The summed E-state index contributed by atoms with van der Waals surface area (Å²) in [5.41, 5.74) is 3.86. The molecule has 0 bridgehead atoms. The summed E-state index contributed by atoms with van der Waals surface area (Å²) in [4.78, 5) is 21.4. The van der Waals surface area contributed by atoms with Gasteiger partial charge in [0.05, 0.1) is 26.0 Å². The highest BCUT2D eigenvalue weighted by molar-refractivity contribution is 5.84. The Bertz CT molecular complexity index is 1220. The first-order valence-corrected chi connectivity index (χ1v) is 10.5. The first kappa shape index (κ1) is 21.4. The van der Waals surface area contributed by atoms with Gasteiger partial charge in [0.15, 0.2) is 11.5 Å². The molecule has 1 N–H and O–H groups in total. The van der Waals surface area contributed by atoms with Crippen LogP contribution < -0.4 is 14.8 Å². The molecule has 3 aromatic heterocycles. The Morgan fingerprint density at radius 2 is 1.81 bits per heavy atom. The quantitative estimate of drug-likeness (QED) is 0.449. The zero-order valence-corrected chi connectivity index (χ0v) is 18.4. The molecule has 1 aromatic carbocycles. The van der Waals surface area contributed by atoms with Gasteiger partial charge in [-0.15, -0.1) is 0 Å². The van der Waals surface area contributed by atoms with E-state index in [1.54, 1.807) is 32.8 Å². The lowest BCUT2D eigenvalue weighted by molar-refractivity contribution is -0.121. The average Bonchev–Trinajstić information content (AvgIpc) is 3.21. The van der Waals surface area contributed by atoms with Crippen molar-refractivity contribution in [2.75, 3.05) is 14.2 Å². The molecule has 1 atom stereocenters. The van der Waals surface area contributed by atoms with Gasteiger partial charge in [0.25, 0.3) is 0 Å². The van der Waals surface area contributed by atoms with E-state index in [0.717, 1.165) is 27.9 Å². The lowest BCUT2D eigenvalue weighted by Gasteiger charge is -2.17. The molecule has 4 rings (SSSR count). The molecule has 0 spiro atoms. The van der Waals surface area contributed by atoms with Crippen LogP contribution in [0.25, 0.3) is 22.3 Å². The Labute approximate surface area is 187 Å². The number of hydrogen-bond donors (Lipinski definition) is 1. The van der Waals surface area contributed by atoms with Gasteiger partial charge in [-0.3, -0.25) is 9.78 Å². The van der Waals surface area contributed by atoms with E-state index in [-0.39, 0.29) is 11.9 Å². The van der Waals surface area contributed by atoms with Crippen LogP contribution in [0, 0.1) is 0 Å². The van der Waals surface area contributed by atoms with Crippen molar-refractivity contribution in [3.63, 3.8) is 0 Å². The van der Waals surface area contributed by atoms with Crippen LogP contribution in [-0.2, 0) is 11.3 Å². The zero-order chi connectivity index (χ0) is 22.5. The molecule has 0 radical (unpaired) electrons. The molecule has 7 heteroatoms. The number of methoxy groups -OCH3 is 2. The fraction of sp³-hybridized carbons (Fsp3) is 0.240. The number of rotatable bonds is 8. The topological polar surface area (TPSA) is 78.3 Å². The van der Waals surface area contributed by atoms with Gasteiger partial charge in [-0.1, -0.05) is 6.07 Å². The fourth-order valence-corrected chi connectivity index (χ4v) is 3.81. The van der Waals surface area contributed by atoms with Crippen molar-refractivity contribution in [1.82, 2.24) is 19.9 Å². The van der Waals surface area contributed by atoms with E-state index >= 15 is 0 Å². The van der Waals surface area contributed by atoms with Gasteiger partial charge < -0.3 is 19.4 Å². The van der Waals surface area contributed by atoms with Gasteiger partial charge in [-0.05, 0) is 55.0 Å². The van der Waals surface area contributed by atoms with E-state index in [2.05, 4.69) is 25.9 Å². The molecule has 1 amide bonds. The molecule has 0 saturated carbocycles. The number of carbonyl (C=O) groups is 1. The molecule has 32 heavy (non-hydrogen) atoms. The lowest BCUT2D eigenvalue weighted by Crippen LogP contribution is -2.27. The summed E-state index contributed by atoms with van der Waals surface area (Å²) in [6.45, 7) is 2.47. The number of amides is 1. The minimum absolute atomic E-state index is 0.0363. The summed E-state index contributed by atoms with van der Waals surface area (Å²) in [6, 6.07) is 15.5. The third-order valence-electron chi connectivity index (χ3n) is 5.48. The smallest absolute Gasteiger partial charge is 0.222 e. The third kappa shape index (κ3) is 4.42. The number of aromatic nitrogens is 3. The van der Waals surface area contributed by atoms with Crippen LogP contribution in [0.5, 0.6) is 11.5 Å². The Hall–Kier alpha value is -3.87. The highest BCUT2D eigenvalue weighted by Crippen LogP contribution is 2.30. The molecule has 0 aliphatic rings. The van der Waals surface area contributed by atoms with Crippen LogP contribution in [0.3, 0.4) is 0 Å². The van der Waals surface area contributed by atoms with Gasteiger partial charge >= 0.3 is 0 Å². The number of fused-ring (bicyclic) bond motifs is 1. The van der Waals surface area contributed by atoms with E-state index in [4.69, 9.17) is 9.47 Å². The predicted octanol–water partition coefficient (Wildman–Crippen LogP) is 4.38. The third-order valence-corrected chi connectivity index (χ3v) is 5.48. The number of nitrogens with zero attached hydrogens (tertiary/aromatic N) is 3. The maximum absolute atomic E-state index is 12.8. The van der Waals surface area contributed by atoms with Crippen LogP contribution in [0.2, 0.25) is 0 Å². The maximum Gasteiger partial charge on any atom is 0.222 e. The number of aryl methyl sites for hydroxylation is 1. The fourth-order valence-electron chi connectivity index (χ4n) is 3.81. The summed E-state index contributed by atoms with van der Waals surface area (Å²) in [6.07, 6.45) is 5.63. The van der Waals surface area contributed by atoms with Crippen LogP contribution in [0.15, 0.2) is 67.1 Å². The summed E-state index contributed by atoms with van der Waals surface area (Å²) < 4.78 is 12.8. The number of hydrogen-bond acceptors (Lipinski definition) is 5. The number of benzene rings is 1. The second-order valence-corrected chi connectivity index (χ2v) is 7.49. The molecule has 0 saturated heterocycles. The number of ether oxygens (including phenoxy) is 2. The highest BCUT2D eigenvalue weighted by atomic mass is 16.5. The SMILES string of the molecule is COc1ccc([C@H](C)NC(=O)CCn2c(-c3ccncc3)cc3cccnc32)cc1OC. The molecule has 0 aliphatic heterocycles. The maximum atomic E-state index is 12.8. The van der Waals surface area contributed by atoms with Gasteiger partial charge in [0.1, 0.15) is 5.65 Å². The van der Waals surface area contributed by atoms with E-state index in [9.17, 15) is 4.79 Å². The van der Waals surface area contributed by atoms with Crippen molar-refractivity contribution < 1.29 is 14.3 Å². The van der Waals surface area contributed by atoms with E-state index in [1.165, 1.54) is 0 Å². The van der Waals surface area contributed by atoms with Crippen molar-refractivity contribution in [3.8, 4) is 22.8 Å². The molecule has 0 fully saturated rings. The summed E-state index contributed by atoms with van der Waals surface area (Å²) in [7, 11) is 3.20. The number of pyridine rings is 2. The van der Waals surface area contributed by atoms with Crippen LogP contribution in [0.4, 0.5) is 0 Å². The molecule has 4 aromatic rings. The van der Waals surface area contributed by atoms with Crippen molar-refractivity contribution in [1.29, 1.82) is 0 Å². The lowest BCUT2D eigenvalue weighted by atomic mass is 10.1. The summed E-state index contributed by atoms with van der Waals surface area (Å²) >= 11 is 0. The molecule has 164 valence electrons. The normalized spacial score (nSPS) is 11.8. The predicted molar refractivity (Wildman–Crippen MR) is 124 cm³/mol. The second-order valence-electron chi connectivity index (χ2n) is 7.49. The second kappa shape index (κ2) is 9.51. The molecular weight excluding hydrogens is 404 g/mol. The minimum Gasteiger partial charge on any atom is -0.493 e. The van der Waals surface area contributed by atoms with Gasteiger partial charge in [-0.2, -0.15) is 0 Å². The largest absolute Gasteiger partial charge is 0.493 e. The first-order valence-electron chi connectivity index (χ1n) is 10.5. The summed E-state index contributed by atoms with van der Waals surface area (Å²) in [5.74, 6) is 1.26. The van der Waals surface area contributed by atoms with Gasteiger partial charge in [-0.25, -0.2) is 4.98 Å². The Kier molecular flexibility index (Phi) is 6.35. The van der Waals surface area contributed by atoms with Crippen molar-refractivity contribution >= 4 is 16.9 Å². The molecule has 7 nitrogen and oxygen atoms in total. The van der Waals surface area contributed by atoms with Crippen LogP contribution >= 0.6 is 0 Å². The Morgan fingerprint density at radius 3 is 2.56 bits per heavy atom. The highest BCUT2D eigenvalue weighted by Gasteiger charge is 2.15. The van der Waals surface area contributed by atoms with Crippen LogP contribution in [0.1, 0.15) is 24.9 Å². The Balaban J connectivity index is 1.50. The van der Waals surface area contributed by atoms with Gasteiger partial charge in [0.2, 0.25) is 5.91 Å². The Morgan fingerprint density at radius 1 is 1.03 bits per heavy atom. The average molecular weight is 431 g/mol. The standard InChI is InChI=1S/C25H26N4O3/c1-17(19-6-7-22(31-2)23(16-19)32-3)28-24(30)10-14-29-21(18-8-12-26-13-9-18)15-20-5-4-11-27-25(20)29/h4-9,11-13,15-17H,10,14H2,1-3H3,(H,28,30)/t17-/m0/s1. The van der Waals surface area contributed by atoms with Crippen molar-refractivity contribution in [3.05, 3.63) is 72.7 Å². The number of nitrogens with one attached hydrogen (secondary N) is 1.